The molecule has 0 spiro atoms. The summed E-state index contributed by atoms with van der Waals surface area (Å²) in [6.45, 7) is 0. The van der Waals surface area contributed by atoms with Gasteiger partial charge in [-0.15, -0.1) is 0 Å². The van der Waals surface area contributed by atoms with Gasteiger partial charge in [0.05, 0.1) is 5.56 Å². The van der Waals surface area contributed by atoms with Crippen molar-refractivity contribution in [2.24, 2.45) is 0 Å². The number of hydrogen-bond acceptors (Lipinski definition) is 6. The van der Waals surface area contributed by atoms with Crippen LogP contribution in [-0.4, -0.2) is 29.9 Å². The van der Waals surface area contributed by atoms with E-state index in [4.69, 9.17) is 4.52 Å². The van der Waals surface area contributed by atoms with Gasteiger partial charge in [-0.25, -0.2) is 8.42 Å². The third-order valence-electron chi connectivity index (χ3n) is 2.95. The van der Waals surface area contributed by atoms with Crippen molar-refractivity contribution in [3.63, 3.8) is 0 Å². The fourth-order valence-corrected chi connectivity index (χ4v) is 2.64. The van der Waals surface area contributed by atoms with Gasteiger partial charge in [-0.2, -0.15) is 4.98 Å². The van der Waals surface area contributed by atoms with Gasteiger partial charge in [0.1, 0.15) is 11.5 Å². The molecule has 0 saturated carbocycles. The molecule has 1 heterocycles. The van der Waals surface area contributed by atoms with Crippen LogP contribution in [0.25, 0.3) is 22.2 Å². The van der Waals surface area contributed by atoms with Gasteiger partial charge >= 0.3 is 0 Å². The SMILES string of the molecule is CS(=O)(=O)Cc1noc(-c2cc3ccccc3cc2O)n1. The standard InChI is InChI=1S/C14H12N2O4S/c1-21(18,19)8-13-15-14(20-16-13)11-6-9-4-2-3-5-10(9)7-12(11)17/h2-7,17H,8H2,1H3. The zero-order valence-electron chi connectivity index (χ0n) is 11.1. The molecule has 0 aliphatic carbocycles. The number of aromatic nitrogens is 2. The molecule has 0 fully saturated rings. The number of phenols is 1. The first-order valence-electron chi connectivity index (χ1n) is 6.15. The van der Waals surface area contributed by atoms with Crippen LogP contribution in [0.4, 0.5) is 0 Å². The van der Waals surface area contributed by atoms with E-state index in [1.807, 2.05) is 24.3 Å². The Labute approximate surface area is 121 Å². The summed E-state index contributed by atoms with van der Waals surface area (Å²) in [5, 5.41) is 15.5. The predicted molar refractivity (Wildman–Crippen MR) is 77.5 cm³/mol. The molecule has 0 bridgehead atoms. The molecular formula is C14H12N2O4S. The van der Waals surface area contributed by atoms with E-state index >= 15 is 0 Å². The number of rotatable bonds is 3. The Bertz CT molecular complexity index is 916. The Kier molecular flexibility index (Phi) is 3.13. The summed E-state index contributed by atoms with van der Waals surface area (Å²) < 4.78 is 27.5. The Morgan fingerprint density at radius 1 is 1.19 bits per heavy atom. The third-order valence-corrected chi connectivity index (χ3v) is 3.74. The second kappa shape index (κ2) is 4.85. The summed E-state index contributed by atoms with van der Waals surface area (Å²) in [7, 11) is -3.24. The molecule has 1 N–H and O–H groups in total. The normalized spacial score (nSPS) is 11.9. The van der Waals surface area contributed by atoms with Crippen LogP contribution < -0.4 is 0 Å². The zero-order valence-corrected chi connectivity index (χ0v) is 12.0. The average Bonchev–Trinajstić information content (AvgIpc) is 2.84. The van der Waals surface area contributed by atoms with Crippen molar-refractivity contribution < 1.29 is 18.0 Å². The van der Waals surface area contributed by atoms with E-state index in [1.54, 1.807) is 12.1 Å². The molecule has 0 aliphatic heterocycles. The summed E-state index contributed by atoms with van der Waals surface area (Å²) in [6, 6.07) is 10.9. The highest BCUT2D eigenvalue weighted by atomic mass is 32.2. The molecule has 1 aromatic heterocycles. The smallest absolute Gasteiger partial charge is 0.261 e. The minimum atomic E-state index is -3.24. The maximum Gasteiger partial charge on any atom is 0.261 e. The zero-order chi connectivity index (χ0) is 15.0. The molecule has 3 rings (SSSR count). The van der Waals surface area contributed by atoms with Crippen molar-refractivity contribution in [3.05, 3.63) is 42.2 Å². The second-order valence-corrected chi connectivity index (χ2v) is 6.94. The van der Waals surface area contributed by atoms with Gasteiger partial charge in [0, 0.05) is 6.26 Å². The minimum Gasteiger partial charge on any atom is -0.507 e. The second-order valence-electron chi connectivity index (χ2n) is 4.80. The van der Waals surface area contributed by atoms with Crippen LogP contribution in [0.15, 0.2) is 40.9 Å². The first-order chi connectivity index (χ1) is 9.92. The van der Waals surface area contributed by atoms with Crippen LogP contribution in [0.2, 0.25) is 0 Å². The minimum absolute atomic E-state index is 0.00301. The Balaban J connectivity index is 2.06. The number of phenolic OH excluding ortho intramolecular Hbond substituents is 1. The summed E-state index contributed by atoms with van der Waals surface area (Å²) in [5.41, 5.74) is 0.376. The number of fused-ring (bicyclic) bond motifs is 1. The lowest BCUT2D eigenvalue weighted by Crippen LogP contribution is -2.02. The molecule has 0 atom stereocenters. The van der Waals surface area contributed by atoms with Crippen LogP contribution in [0.3, 0.4) is 0 Å². The fraction of sp³-hybridized carbons (Fsp3) is 0.143. The lowest BCUT2D eigenvalue weighted by Gasteiger charge is -2.02. The molecule has 108 valence electrons. The van der Waals surface area contributed by atoms with Crippen molar-refractivity contribution in [2.45, 2.75) is 5.75 Å². The van der Waals surface area contributed by atoms with Crippen LogP contribution in [0, 0.1) is 0 Å². The maximum atomic E-state index is 11.2. The van der Waals surface area contributed by atoms with Gasteiger partial charge in [-0.3, -0.25) is 0 Å². The Morgan fingerprint density at radius 3 is 2.52 bits per heavy atom. The highest BCUT2D eigenvalue weighted by Crippen LogP contribution is 2.32. The number of aromatic hydroxyl groups is 1. The number of hydrogen-bond donors (Lipinski definition) is 1. The lowest BCUT2D eigenvalue weighted by atomic mass is 10.1. The van der Waals surface area contributed by atoms with E-state index in [-0.39, 0.29) is 23.2 Å². The number of sulfone groups is 1. The van der Waals surface area contributed by atoms with Gasteiger partial charge in [0.2, 0.25) is 0 Å². The molecule has 3 aromatic rings. The molecule has 2 aromatic carbocycles. The summed E-state index contributed by atoms with van der Waals surface area (Å²) in [6.07, 6.45) is 1.09. The summed E-state index contributed by atoms with van der Waals surface area (Å²) >= 11 is 0. The van der Waals surface area contributed by atoms with E-state index < -0.39 is 9.84 Å². The molecule has 6 nitrogen and oxygen atoms in total. The number of benzene rings is 2. The van der Waals surface area contributed by atoms with E-state index in [9.17, 15) is 13.5 Å². The van der Waals surface area contributed by atoms with Crippen LogP contribution in [-0.2, 0) is 15.6 Å². The van der Waals surface area contributed by atoms with Crippen molar-refractivity contribution in [2.75, 3.05) is 6.26 Å². The van der Waals surface area contributed by atoms with Crippen molar-refractivity contribution in [3.8, 4) is 17.2 Å². The molecule has 0 unspecified atom stereocenters. The van der Waals surface area contributed by atoms with Crippen LogP contribution >= 0.6 is 0 Å². The van der Waals surface area contributed by atoms with Gasteiger partial charge in [0.15, 0.2) is 15.7 Å². The van der Waals surface area contributed by atoms with Crippen LogP contribution in [0.1, 0.15) is 5.82 Å². The monoisotopic (exact) mass is 304 g/mol. The highest BCUT2D eigenvalue weighted by molar-refractivity contribution is 7.89. The molecule has 0 amide bonds. The van der Waals surface area contributed by atoms with Gasteiger partial charge in [0.25, 0.3) is 5.89 Å². The molecule has 21 heavy (non-hydrogen) atoms. The van der Waals surface area contributed by atoms with Crippen molar-refractivity contribution in [1.29, 1.82) is 0 Å². The van der Waals surface area contributed by atoms with E-state index in [1.165, 1.54) is 0 Å². The topological polar surface area (TPSA) is 93.3 Å². The van der Waals surface area contributed by atoms with E-state index in [0.29, 0.717) is 5.56 Å². The first kappa shape index (κ1) is 13.6. The Morgan fingerprint density at radius 2 is 1.86 bits per heavy atom. The molecule has 0 radical (unpaired) electrons. The van der Waals surface area contributed by atoms with Gasteiger partial charge in [-0.05, 0) is 22.9 Å². The highest BCUT2D eigenvalue weighted by Gasteiger charge is 2.16. The van der Waals surface area contributed by atoms with Crippen molar-refractivity contribution >= 4 is 20.6 Å². The van der Waals surface area contributed by atoms with Gasteiger partial charge < -0.3 is 9.63 Å². The number of nitrogens with zero attached hydrogens (tertiary/aromatic N) is 2. The predicted octanol–water partition coefficient (Wildman–Crippen LogP) is 2.14. The van der Waals surface area contributed by atoms with Crippen molar-refractivity contribution in [1.82, 2.24) is 10.1 Å². The average molecular weight is 304 g/mol. The Hall–Kier alpha value is -2.41. The first-order valence-corrected chi connectivity index (χ1v) is 8.21. The summed E-state index contributed by atoms with van der Waals surface area (Å²) in [4.78, 5) is 4.02. The molecular weight excluding hydrogens is 292 g/mol. The molecule has 0 aliphatic rings. The van der Waals surface area contributed by atoms with E-state index in [0.717, 1.165) is 17.0 Å². The summed E-state index contributed by atoms with van der Waals surface area (Å²) in [5.74, 6) is -0.134. The molecule has 0 saturated heterocycles. The largest absolute Gasteiger partial charge is 0.507 e. The lowest BCUT2D eigenvalue weighted by molar-refractivity contribution is 0.419. The molecule has 7 heteroatoms. The third kappa shape index (κ3) is 2.87. The van der Waals surface area contributed by atoms with Crippen LogP contribution in [0.5, 0.6) is 5.75 Å². The van der Waals surface area contributed by atoms with E-state index in [2.05, 4.69) is 10.1 Å². The maximum absolute atomic E-state index is 11.2. The fourth-order valence-electron chi connectivity index (χ4n) is 2.06. The van der Waals surface area contributed by atoms with Gasteiger partial charge in [-0.1, -0.05) is 29.4 Å². The quantitative estimate of drug-likeness (QED) is 0.796.